The van der Waals surface area contributed by atoms with Crippen molar-refractivity contribution in [2.24, 2.45) is 0 Å². The normalized spacial score (nSPS) is 10.6. The largest absolute Gasteiger partial charge is 0.497 e. The van der Waals surface area contributed by atoms with Crippen molar-refractivity contribution in [3.05, 3.63) is 90.0 Å². The van der Waals surface area contributed by atoms with Crippen molar-refractivity contribution in [2.45, 2.75) is 6.92 Å². The molecular formula is C24H20N2O2. The van der Waals surface area contributed by atoms with Gasteiger partial charge in [-0.25, -0.2) is 4.98 Å². The van der Waals surface area contributed by atoms with Gasteiger partial charge in [-0.05, 0) is 55.0 Å². The molecule has 0 aliphatic carbocycles. The Hall–Kier alpha value is -3.66. The fraction of sp³-hybridized carbons (Fsp3) is 0.0833. The first-order chi connectivity index (χ1) is 13.7. The molecule has 4 heteroatoms. The minimum absolute atomic E-state index is 0.150. The number of carbonyl (C=O) groups is 1. The topological polar surface area (TPSA) is 51.2 Å². The summed E-state index contributed by atoms with van der Waals surface area (Å²) in [5.74, 6) is 0.629. The summed E-state index contributed by atoms with van der Waals surface area (Å²) in [5.41, 5.74) is 4.88. The Morgan fingerprint density at radius 2 is 1.64 bits per heavy atom. The van der Waals surface area contributed by atoms with E-state index in [1.165, 1.54) is 0 Å². The monoisotopic (exact) mass is 368 g/mol. The summed E-state index contributed by atoms with van der Waals surface area (Å²) in [5, 5.41) is 3.85. The molecule has 0 fully saturated rings. The van der Waals surface area contributed by atoms with E-state index < -0.39 is 0 Å². The Bertz CT molecular complexity index is 1150. The molecule has 0 spiro atoms. The standard InChI is InChI=1S/C24H20N2O2/c1-16-7-3-5-9-21(16)26-24(27)20-15-23(17-11-13-18(28-2)14-12-17)25-22-10-6-4-8-19(20)22/h3-15H,1-2H3,(H,26,27). The maximum absolute atomic E-state index is 13.1. The molecule has 4 nitrogen and oxygen atoms in total. The molecule has 1 amide bonds. The van der Waals surface area contributed by atoms with Gasteiger partial charge in [0.1, 0.15) is 5.75 Å². The number of benzene rings is 3. The molecule has 0 aliphatic heterocycles. The van der Waals surface area contributed by atoms with Crippen molar-refractivity contribution < 1.29 is 9.53 Å². The number of hydrogen-bond acceptors (Lipinski definition) is 3. The number of aromatic nitrogens is 1. The van der Waals surface area contributed by atoms with Gasteiger partial charge < -0.3 is 10.1 Å². The molecule has 0 unspecified atom stereocenters. The number of aryl methyl sites for hydroxylation is 1. The van der Waals surface area contributed by atoms with Crippen LogP contribution < -0.4 is 10.1 Å². The van der Waals surface area contributed by atoms with E-state index in [2.05, 4.69) is 5.32 Å². The lowest BCUT2D eigenvalue weighted by Crippen LogP contribution is -2.13. The highest BCUT2D eigenvalue weighted by molar-refractivity contribution is 6.13. The van der Waals surface area contributed by atoms with Gasteiger partial charge in [0.2, 0.25) is 0 Å². The van der Waals surface area contributed by atoms with E-state index >= 15 is 0 Å². The maximum atomic E-state index is 13.1. The van der Waals surface area contributed by atoms with Gasteiger partial charge in [-0.15, -0.1) is 0 Å². The third kappa shape index (κ3) is 3.45. The number of fused-ring (bicyclic) bond motifs is 1. The lowest BCUT2D eigenvalue weighted by atomic mass is 10.0. The molecule has 1 aromatic heterocycles. The zero-order valence-electron chi connectivity index (χ0n) is 15.8. The highest BCUT2D eigenvalue weighted by Gasteiger charge is 2.15. The highest BCUT2D eigenvalue weighted by atomic mass is 16.5. The Labute approximate surface area is 163 Å². The van der Waals surface area contributed by atoms with Gasteiger partial charge in [0.25, 0.3) is 5.91 Å². The Balaban J connectivity index is 1.80. The van der Waals surface area contributed by atoms with E-state index in [1.807, 2.05) is 85.8 Å². The number of ether oxygens (including phenoxy) is 1. The summed E-state index contributed by atoms with van der Waals surface area (Å²) in [7, 11) is 1.64. The fourth-order valence-corrected chi connectivity index (χ4v) is 3.18. The van der Waals surface area contributed by atoms with Crippen LogP contribution in [0.2, 0.25) is 0 Å². The Morgan fingerprint density at radius 3 is 2.39 bits per heavy atom. The second-order valence-electron chi connectivity index (χ2n) is 6.57. The number of pyridine rings is 1. The van der Waals surface area contributed by atoms with Gasteiger partial charge in [0.05, 0.1) is 23.9 Å². The molecule has 138 valence electrons. The number of carbonyl (C=O) groups excluding carboxylic acids is 1. The molecule has 1 heterocycles. The summed E-state index contributed by atoms with van der Waals surface area (Å²) in [4.78, 5) is 17.9. The summed E-state index contributed by atoms with van der Waals surface area (Å²) in [6.45, 7) is 1.98. The molecule has 3 aromatic carbocycles. The molecule has 4 aromatic rings. The first-order valence-electron chi connectivity index (χ1n) is 9.07. The third-order valence-electron chi connectivity index (χ3n) is 4.74. The number of para-hydroxylation sites is 2. The molecule has 0 radical (unpaired) electrons. The van der Waals surface area contributed by atoms with E-state index in [-0.39, 0.29) is 5.91 Å². The zero-order chi connectivity index (χ0) is 19.5. The first kappa shape index (κ1) is 17.7. The zero-order valence-corrected chi connectivity index (χ0v) is 15.8. The molecule has 1 N–H and O–H groups in total. The lowest BCUT2D eigenvalue weighted by molar-refractivity contribution is 0.102. The third-order valence-corrected chi connectivity index (χ3v) is 4.74. The predicted molar refractivity (Wildman–Crippen MR) is 113 cm³/mol. The predicted octanol–water partition coefficient (Wildman–Crippen LogP) is 5.47. The van der Waals surface area contributed by atoms with Crippen LogP contribution in [-0.4, -0.2) is 18.0 Å². The second kappa shape index (κ2) is 7.53. The van der Waals surface area contributed by atoms with Gasteiger partial charge in [-0.3, -0.25) is 4.79 Å². The summed E-state index contributed by atoms with van der Waals surface area (Å²) in [6, 6.07) is 24.9. The Kier molecular flexibility index (Phi) is 4.77. The van der Waals surface area contributed by atoms with Crippen molar-refractivity contribution in [1.29, 1.82) is 0 Å². The molecular weight excluding hydrogens is 348 g/mol. The van der Waals surface area contributed by atoms with Crippen LogP contribution in [-0.2, 0) is 0 Å². The number of hydrogen-bond donors (Lipinski definition) is 1. The number of nitrogens with zero attached hydrogens (tertiary/aromatic N) is 1. The molecule has 0 saturated carbocycles. The van der Waals surface area contributed by atoms with Crippen LogP contribution in [0.1, 0.15) is 15.9 Å². The van der Waals surface area contributed by atoms with Crippen LogP contribution in [0.15, 0.2) is 78.9 Å². The van der Waals surface area contributed by atoms with Crippen LogP contribution in [0.25, 0.3) is 22.2 Å². The quantitative estimate of drug-likeness (QED) is 0.519. The van der Waals surface area contributed by atoms with Crippen LogP contribution in [0.3, 0.4) is 0 Å². The maximum Gasteiger partial charge on any atom is 0.256 e. The van der Waals surface area contributed by atoms with E-state index in [0.717, 1.165) is 39.2 Å². The van der Waals surface area contributed by atoms with Crippen LogP contribution in [0, 0.1) is 6.92 Å². The van der Waals surface area contributed by atoms with Crippen molar-refractivity contribution in [2.75, 3.05) is 12.4 Å². The molecule has 0 aliphatic rings. The SMILES string of the molecule is COc1ccc(-c2cc(C(=O)Nc3ccccc3C)c3ccccc3n2)cc1. The molecule has 28 heavy (non-hydrogen) atoms. The highest BCUT2D eigenvalue weighted by Crippen LogP contribution is 2.27. The average Bonchev–Trinajstić information content (AvgIpc) is 2.74. The smallest absolute Gasteiger partial charge is 0.256 e. The fourth-order valence-electron chi connectivity index (χ4n) is 3.18. The number of anilines is 1. The van der Waals surface area contributed by atoms with Crippen LogP contribution in [0.5, 0.6) is 5.75 Å². The van der Waals surface area contributed by atoms with E-state index in [4.69, 9.17) is 9.72 Å². The van der Waals surface area contributed by atoms with Crippen molar-refractivity contribution >= 4 is 22.5 Å². The van der Waals surface area contributed by atoms with Gasteiger partial charge >= 0.3 is 0 Å². The van der Waals surface area contributed by atoms with E-state index in [0.29, 0.717) is 5.56 Å². The first-order valence-corrected chi connectivity index (χ1v) is 9.07. The van der Waals surface area contributed by atoms with Gasteiger partial charge in [-0.2, -0.15) is 0 Å². The minimum atomic E-state index is -0.150. The van der Waals surface area contributed by atoms with Crippen molar-refractivity contribution in [3.8, 4) is 17.0 Å². The molecule has 4 rings (SSSR count). The Morgan fingerprint density at radius 1 is 0.929 bits per heavy atom. The lowest BCUT2D eigenvalue weighted by Gasteiger charge is -2.12. The summed E-state index contributed by atoms with van der Waals surface area (Å²) in [6.07, 6.45) is 0. The minimum Gasteiger partial charge on any atom is -0.497 e. The van der Waals surface area contributed by atoms with E-state index in [1.54, 1.807) is 7.11 Å². The average molecular weight is 368 g/mol. The van der Waals surface area contributed by atoms with Gasteiger partial charge in [-0.1, -0.05) is 36.4 Å². The molecule has 0 atom stereocenters. The second-order valence-corrected chi connectivity index (χ2v) is 6.57. The summed E-state index contributed by atoms with van der Waals surface area (Å²) < 4.78 is 5.23. The van der Waals surface area contributed by atoms with Gasteiger partial charge in [0, 0.05) is 16.6 Å². The number of methoxy groups -OCH3 is 1. The van der Waals surface area contributed by atoms with E-state index in [9.17, 15) is 4.79 Å². The number of amides is 1. The number of nitrogens with one attached hydrogen (secondary N) is 1. The molecule has 0 bridgehead atoms. The van der Waals surface area contributed by atoms with Crippen LogP contribution in [0.4, 0.5) is 5.69 Å². The van der Waals surface area contributed by atoms with Crippen molar-refractivity contribution in [1.82, 2.24) is 4.98 Å². The van der Waals surface area contributed by atoms with Gasteiger partial charge in [0.15, 0.2) is 0 Å². The molecule has 0 saturated heterocycles. The van der Waals surface area contributed by atoms with Crippen LogP contribution >= 0.6 is 0 Å². The van der Waals surface area contributed by atoms with Crippen molar-refractivity contribution in [3.63, 3.8) is 0 Å². The number of rotatable bonds is 4. The summed E-state index contributed by atoms with van der Waals surface area (Å²) >= 11 is 0.